The van der Waals surface area contributed by atoms with E-state index in [0.29, 0.717) is 0 Å². The van der Waals surface area contributed by atoms with Crippen LogP contribution < -0.4 is 10.8 Å². The monoisotopic (exact) mass is 259 g/mol. The molecule has 5 heteroatoms. The number of carboxylic acids is 1. The van der Waals surface area contributed by atoms with Crippen LogP contribution in [0.1, 0.15) is 10.4 Å². The fraction of sp³-hybridized carbons (Fsp3) is 0. The summed E-state index contributed by atoms with van der Waals surface area (Å²) in [5.74, 6) is -1.78. The number of aromatic carboxylic acids is 1. The number of carbonyl (C=O) groups is 1. The zero-order chi connectivity index (χ0) is 8.43. The third-order valence-corrected chi connectivity index (χ3v) is 1.24. The van der Waals surface area contributed by atoms with E-state index in [-0.39, 0.29) is 33.6 Å². The van der Waals surface area contributed by atoms with Crippen molar-refractivity contribution < 1.29 is 37.4 Å². The minimum absolute atomic E-state index is 0. The second kappa shape index (κ2) is 4.16. The summed E-state index contributed by atoms with van der Waals surface area (Å²) in [5.41, 5.74) is 5.26. The Morgan fingerprint density at radius 2 is 2.08 bits per heavy atom. The van der Waals surface area contributed by atoms with Gasteiger partial charge in [0.2, 0.25) is 0 Å². The summed E-state index contributed by atoms with van der Waals surface area (Å²) >= 11 is 0. The average molecular weight is 260 g/mol. The molecule has 4 nitrogen and oxygen atoms in total. The summed E-state index contributed by atoms with van der Waals surface area (Å²) < 4.78 is 0. The molecular weight excluding hydrogens is 254 g/mol. The Morgan fingerprint density at radius 3 is 2.50 bits per heavy atom. The molecule has 0 radical (unpaired) electrons. The van der Waals surface area contributed by atoms with E-state index in [4.69, 9.17) is 10.8 Å². The van der Waals surface area contributed by atoms with E-state index in [2.05, 4.69) is 0 Å². The minimum atomic E-state index is -1.23. The van der Waals surface area contributed by atoms with Crippen LogP contribution in [0.25, 0.3) is 0 Å². The Kier molecular flexibility index (Phi) is 3.82. The molecule has 0 aliphatic rings. The minimum Gasteiger partial charge on any atom is -0.872 e. The first-order valence-corrected chi connectivity index (χ1v) is 2.91. The first kappa shape index (κ1) is 11.0. The van der Waals surface area contributed by atoms with Gasteiger partial charge in [0.1, 0.15) is 0 Å². The van der Waals surface area contributed by atoms with Gasteiger partial charge in [0.25, 0.3) is 0 Å². The van der Waals surface area contributed by atoms with Crippen molar-refractivity contribution >= 4 is 11.7 Å². The molecule has 0 unspecified atom stereocenters. The summed E-state index contributed by atoms with van der Waals surface area (Å²) in [6.45, 7) is 0. The summed E-state index contributed by atoms with van der Waals surface area (Å²) in [6, 6.07) is 3.66. The van der Waals surface area contributed by atoms with Crippen LogP contribution in [-0.2, 0) is 22.4 Å². The van der Waals surface area contributed by atoms with Gasteiger partial charge < -0.3 is 15.9 Å². The molecule has 1 aromatic rings. The van der Waals surface area contributed by atoms with Crippen LogP contribution in [0, 0.1) is 0 Å². The van der Waals surface area contributed by atoms with Crippen molar-refractivity contribution in [3.8, 4) is 5.75 Å². The molecule has 0 amide bonds. The molecule has 0 atom stereocenters. The van der Waals surface area contributed by atoms with E-state index in [1.807, 2.05) is 0 Å². The summed E-state index contributed by atoms with van der Waals surface area (Å²) in [7, 11) is 0. The van der Waals surface area contributed by atoms with Crippen molar-refractivity contribution in [2.45, 2.75) is 0 Å². The molecule has 12 heavy (non-hydrogen) atoms. The van der Waals surface area contributed by atoms with Gasteiger partial charge in [0.05, 0.1) is 5.56 Å². The van der Waals surface area contributed by atoms with Crippen molar-refractivity contribution in [3.63, 3.8) is 0 Å². The van der Waals surface area contributed by atoms with E-state index in [9.17, 15) is 9.90 Å². The van der Waals surface area contributed by atoms with Crippen LogP contribution in [0.3, 0.4) is 0 Å². The molecular formula is C7H6AgNO3. The van der Waals surface area contributed by atoms with Crippen LogP contribution in [0.15, 0.2) is 18.2 Å². The van der Waals surface area contributed by atoms with Gasteiger partial charge in [-0.3, -0.25) is 0 Å². The topological polar surface area (TPSA) is 86.4 Å². The van der Waals surface area contributed by atoms with Gasteiger partial charge in [-0.2, -0.15) is 0 Å². The molecule has 0 aliphatic carbocycles. The van der Waals surface area contributed by atoms with E-state index < -0.39 is 11.7 Å². The molecule has 1 rings (SSSR count). The first-order valence-electron chi connectivity index (χ1n) is 2.91. The van der Waals surface area contributed by atoms with E-state index in [0.717, 1.165) is 6.07 Å². The predicted molar refractivity (Wildman–Crippen MR) is 37.3 cm³/mol. The number of benzene rings is 1. The Balaban J connectivity index is 0.00000121. The molecule has 1 aromatic carbocycles. The second-order valence-electron chi connectivity index (χ2n) is 2.06. The Morgan fingerprint density at radius 1 is 1.50 bits per heavy atom. The Labute approximate surface area is 84.5 Å². The largest absolute Gasteiger partial charge is 1.00 e. The van der Waals surface area contributed by atoms with Crippen LogP contribution in [0.4, 0.5) is 5.69 Å². The number of hydrogen-bond donors (Lipinski definition) is 2. The Bertz CT molecular complexity index is 301. The summed E-state index contributed by atoms with van der Waals surface area (Å²) in [6.07, 6.45) is 0. The van der Waals surface area contributed by atoms with Crippen molar-refractivity contribution in [2.75, 3.05) is 5.73 Å². The standard InChI is InChI=1S/C7H7NO3.Ag/c8-4-1-2-5(7(10)11)6(9)3-4;/h1-3,9H,8H2,(H,10,11);/q;+1/p-1. The van der Waals surface area contributed by atoms with Crippen molar-refractivity contribution in [1.82, 2.24) is 0 Å². The molecule has 3 N–H and O–H groups in total. The summed E-state index contributed by atoms with van der Waals surface area (Å²) in [4.78, 5) is 10.3. The number of rotatable bonds is 1. The van der Waals surface area contributed by atoms with Gasteiger partial charge in [-0.05, 0) is 18.2 Å². The van der Waals surface area contributed by atoms with Crippen molar-refractivity contribution in [1.29, 1.82) is 0 Å². The molecule has 0 aliphatic heterocycles. The third-order valence-electron chi connectivity index (χ3n) is 1.24. The fourth-order valence-electron chi connectivity index (χ4n) is 0.716. The maximum absolute atomic E-state index is 10.8. The number of carboxylic acid groups (broad SMARTS) is 1. The average Bonchev–Trinajstić information content (AvgIpc) is 1.85. The van der Waals surface area contributed by atoms with Gasteiger partial charge in [0, 0.05) is 5.69 Å². The van der Waals surface area contributed by atoms with Gasteiger partial charge in [-0.15, -0.1) is 0 Å². The maximum atomic E-state index is 10.8. The molecule has 0 saturated heterocycles. The Hall–Kier alpha value is -0.970. The smallest absolute Gasteiger partial charge is 0.872 e. The summed E-state index contributed by atoms with van der Waals surface area (Å²) in [5, 5.41) is 19.2. The zero-order valence-corrected chi connectivity index (χ0v) is 7.36. The molecule has 0 saturated carbocycles. The normalized spacial score (nSPS) is 8.67. The van der Waals surface area contributed by atoms with Gasteiger partial charge in [0.15, 0.2) is 0 Å². The third kappa shape index (κ3) is 2.27. The molecule has 0 bridgehead atoms. The number of anilines is 1. The SMILES string of the molecule is Nc1ccc(C(=O)O)c([O-])c1.[Ag+]. The molecule has 0 heterocycles. The quantitative estimate of drug-likeness (QED) is 0.551. The van der Waals surface area contributed by atoms with E-state index in [1.54, 1.807) is 0 Å². The van der Waals surface area contributed by atoms with Crippen LogP contribution >= 0.6 is 0 Å². The second-order valence-corrected chi connectivity index (χ2v) is 2.06. The predicted octanol–water partition coefficient (Wildman–Crippen LogP) is 0.0381. The van der Waals surface area contributed by atoms with Gasteiger partial charge in [-0.25, -0.2) is 4.79 Å². The number of nitrogen functional groups attached to an aromatic ring is 1. The molecule has 68 valence electrons. The number of nitrogens with two attached hydrogens (primary N) is 1. The van der Waals surface area contributed by atoms with Crippen molar-refractivity contribution in [3.05, 3.63) is 23.8 Å². The number of hydrogen-bond acceptors (Lipinski definition) is 3. The van der Waals surface area contributed by atoms with E-state index >= 15 is 0 Å². The molecule has 0 spiro atoms. The van der Waals surface area contributed by atoms with E-state index in [1.165, 1.54) is 12.1 Å². The van der Waals surface area contributed by atoms with Crippen molar-refractivity contribution in [2.24, 2.45) is 0 Å². The van der Waals surface area contributed by atoms with Crippen LogP contribution in [-0.4, -0.2) is 11.1 Å². The molecule has 0 fully saturated rings. The first-order chi connectivity index (χ1) is 5.11. The fourth-order valence-corrected chi connectivity index (χ4v) is 0.716. The van der Waals surface area contributed by atoms with Crippen LogP contribution in [0.2, 0.25) is 0 Å². The molecule has 0 aromatic heterocycles. The maximum Gasteiger partial charge on any atom is 1.00 e. The van der Waals surface area contributed by atoms with Gasteiger partial charge >= 0.3 is 28.3 Å². The van der Waals surface area contributed by atoms with Crippen LogP contribution in [0.5, 0.6) is 5.75 Å². The zero-order valence-electron chi connectivity index (χ0n) is 5.87. The van der Waals surface area contributed by atoms with Gasteiger partial charge in [-0.1, -0.05) is 5.75 Å².